The van der Waals surface area contributed by atoms with Crippen LogP contribution < -0.4 is 16.0 Å². The molecule has 0 bridgehead atoms. The van der Waals surface area contributed by atoms with E-state index in [1.54, 1.807) is 18.4 Å². The van der Waals surface area contributed by atoms with E-state index in [-0.39, 0.29) is 30.0 Å². The highest BCUT2D eigenvalue weighted by molar-refractivity contribution is 14.0. The molecule has 1 aromatic carbocycles. The number of carbonyl (C=O) groups is 1. The van der Waals surface area contributed by atoms with Gasteiger partial charge in [-0.2, -0.15) is 0 Å². The van der Waals surface area contributed by atoms with E-state index in [2.05, 4.69) is 25.9 Å². The topological polar surface area (TPSA) is 87.6 Å². The summed E-state index contributed by atoms with van der Waals surface area (Å²) in [7, 11) is 1.71. The zero-order chi connectivity index (χ0) is 20.6. The number of aryl methyl sites for hydroxylation is 1. The highest BCUT2D eigenvalue weighted by Gasteiger charge is 2.20. The van der Waals surface area contributed by atoms with Crippen LogP contribution in [0.15, 0.2) is 41.5 Å². The van der Waals surface area contributed by atoms with Crippen LogP contribution in [0.25, 0.3) is 0 Å². The Morgan fingerprint density at radius 1 is 1.24 bits per heavy atom. The molecule has 1 heterocycles. The number of thiazole rings is 1. The number of aliphatic imine (C=N–C) groups is 1. The fourth-order valence-electron chi connectivity index (χ4n) is 2.45. The van der Waals surface area contributed by atoms with Crippen LogP contribution in [0.2, 0.25) is 0 Å². The lowest BCUT2D eigenvalue weighted by molar-refractivity contribution is 0.0504. The van der Waals surface area contributed by atoms with Crippen molar-refractivity contribution in [1.29, 1.82) is 0 Å². The molecule has 1 atom stereocenters. The SMILES string of the molecule is CN=C(NCc1ncc(C)s1)NCC(NC(=O)OC(C)(C)C)c1ccccc1.I. The molecule has 160 valence electrons. The van der Waals surface area contributed by atoms with Crippen molar-refractivity contribution >= 4 is 47.4 Å². The van der Waals surface area contributed by atoms with Crippen LogP contribution in [0, 0.1) is 6.92 Å². The molecule has 9 heteroatoms. The van der Waals surface area contributed by atoms with Gasteiger partial charge in [0.25, 0.3) is 0 Å². The largest absolute Gasteiger partial charge is 0.444 e. The second kappa shape index (κ2) is 12.0. The lowest BCUT2D eigenvalue weighted by Gasteiger charge is -2.24. The molecule has 0 saturated carbocycles. The molecule has 0 fully saturated rings. The van der Waals surface area contributed by atoms with Crippen molar-refractivity contribution in [2.24, 2.45) is 4.99 Å². The van der Waals surface area contributed by atoms with E-state index in [1.165, 1.54) is 4.88 Å². The summed E-state index contributed by atoms with van der Waals surface area (Å²) in [6, 6.07) is 9.50. The summed E-state index contributed by atoms with van der Waals surface area (Å²) in [5, 5.41) is 10.4. The van der Waals surface area contributed by atoms with Crippen LogP contribution in [-0.4, -0.2) is 36.2 Å². The minimum atomic E-state index is -0.553. The van der Waals surface area contributed by atoms with Crippen LogP contribution in [-0.2, 0) is 11.3 Å². The van der Waals surface area contributed by atoms with Gasteiger partial charge in [-0.25, -0.2) is 9.78 Å². The molecule has 1 aromatic heterocycles. The molecule has 2 rings (SSSR count). The van der Waals surface area contributed by atoms with E-state index in [1.807, 2.05) is 64.2 Å². The Morgan fingerprint density at radius 3 is 2.48 bits per heavy atom. The predicted molar refractivity (Wildman–Crippen MR) is 129 cm³/mol. The van der Waals surface area contributed by atoms with Crippen LogP contribution in [0.1, 0.15) is 42.3 Å². The first-order valence-electron chi connectivity index (χ1n) is 9.17. The van der Waals surface area contributed by atoms with Crippen molar-refractivity contribution in [3.63, 3.8) is 0 Å². The molecule has 7 nitrogen and oxygen atoms in total. The summed E-state index contributed by atoms with van der Waals surface area (Å²) in [6.45, 7) is 8.60. The summed E-state index contributed by atoms with van der Waals surface area (Å²) >= 11 is 1.65. The molecule has 0 aliphatic heterocycles. The first kappa shape index (κ1) is 25.2. The first-order chi connectivity index (χ1) is 13.3. The number of guanidine groups is 1. The molecular formula is C20H30IN5O2S. The van der Waals surface area contributed by atoms with Gasteiger partial charge in [-0.05, 0) is 33.3 Å². The zero-order valence-corrected chi connectivity index (χ0v) is 20.6. The van der Waals surface area contributed by atoms with Gasteiger partial charge in [-0.15, -0.1) is 35.3 Å². The van der Waals surface area contributed by atoms with Gasteiger partial charge >= 0.3 is 6.09 Å². The Labute approximate surface area is 193 Å². The van der Waals surface area contributed by atoms with E-state index in [9.17, 15) is 4.79 Å². The van der Waals surface area contributed by atoms with Crippen molar-refractivity contribution in [3.8, 4) is 0 Å². The van der Waals surface area contributed by atoms with Gasteiger partial charge in [-0.1, -0.05) is 30.3 Å². The van der Waals surface area contributed by atoms with Crippen LogP contribution in [0.5, 0.6) is 0 Å². The number of nitrogens with zero attached hydrogens (tertiary/aromatic N) is 2. The lowest BCUT2D eigenvalue weighted by Crippen LogP contribution is -2.44. The Kier molecular flexibility index (Phi) is 10.4. The molecule has 29 heavy (non-hydrogen) atoms. The van der Waals surface area contributed by atoms with Gasteiger partial charge in [-0.3, -0.25) is 4.99 Å². The summed E-state index contributed by atoms with van der Waals surface area (Å²) in [5.74, 6) is 0.639. The van der Waals surface area contributed by atoms with Crippen molar-refractivity contribution in [2.75, 3.05) is 13.6 Å². The van der Waals surface area contributed by atoms with Gasteiger partial charge in [0, 0.05) is 24.7 Å². The van der Waals surface area contributed by atoms with Gasteiger partial charge in [0.15, 0.2) is 5.96 Å². The summed E-state index contributed by atoms with van der Waals surface area (Å²) in [5.41, 5.74) is 0.425. The second-order valence-corrected chi connectivity index (χ2v) is 8.60. The van der Waals surface area contributed by atoms with Crippen LogP contribution >= 0.6 is 35.3 Å². The molecular weight excluding hydrogens is 501 g/mol. The van der Waals surface area contributed by atoms with E-state index in [4.69, 9.17) is 4.74 Å². The number of carbonyl (C=O) groups excluding carboxylic acids is 1. The standard InChI is InChI=1S/C20H29N5O2S.HI/c1-14-11-22-17(28-14)13-24-18(21-5)23-12-16(15-9-7-6-8-10-15)25-19(26)27-20(2,3)4;/h6-11,16H,12-13H2,1-5H3,(H,25,26)(H2,21,23,24);1H. The third kappa shape index (κ3) is 9.44. The fourth-order valence-corrected chi connectivity index (χ4v) is 3.18. The maximum absolute atomic E-state index is 12.3. The Balaban J connectivity index is 0.00000420. The zero-order valence-electron chi connectivity index (χ0n) is 17.5. The number of rotatable bonds is 6. The molecule has 0 aliphatic carbocycles. The van der Waals surface area contributed by atoms with Crippen LogP contribution in [0.4, 0.5) is 4.79 Å². The summed E-state index contributed by atoms with van der Waals surface area (Å²) in [4.78, 5) is 22.0. The quantitative estimate of drug-likeness (QED) is 0.298. The number of halogens is 1. The molecule has 1 unspecified atom stereocenters. The number of amides is 1. The number of hydrogen-bond acceptors (Lipinski definition) is 5. The summed E-state index contributed by atoms with van der Waals surface area (Å²) in [6.07, 6.45) is 1.40. The fraction of sp³-hybridized carbons (Fsp3) is 0.450. The average molecular weight is 531 g/mol. The van der Waals surface area contributed by atoms with Gasteiger partial charge in [0.1, 0.15) is 10.6 Å². The minimum Gasteiger partial charge on any atom is -0.444 e. The number of ether oxygens (including phenoxy) is 1. The maximum Gasteiger partial charge on any atom is 0.408 e. The van der Waals surface area contributed by atoms with Crippen molar-refractivity contribution in [3.05, 3.63) is 52.0 Å². The Morgan fingerprint density at radius 2 is 1.93 bits per heavy atom. The highest BCUT2D eigenvalue weighted by Crippen LogP contribution is 2.14. The number of nitrogens with one attached hydrogen (secondary N) is 3. The third-order valence-corrected chi connectivity index (χ3v) is 4.58. The number of aromatic nitrogens is 1. The van der Waals surface area contributed by atoms with E-state index >= 15 is 0 Å². The second-order valence-electron chi connectivity index (χ2n) is 7.28. The monoisotopic (exact) mass is 531 g/mol. The predicted octanol–water partition coefficient (Wildman–Crippen LogP) is 4.00. The third-order valence-electron chi connectivity index (χ3n) is 3.67. The van der Waals surface area contributed by atoms with Crippen molar-refractivity contribution in [1.82, 2.24) is 20.9 Å². The van der Waals surface area contributed by atoms with Gasteiger partial charge < -0.3 is 20.7 Å². The van der Waals surface area contributed by atoms with Crippen LogP contribution in [0.3, 0.4) is 0 Å². The van der Waals surface area contributed by atoms with Gasteiger partial charge in [0.05, 0.1) is 12.6 Å². The van der Waals surface area contributed by atoms with Gasteiger partial charge in [0.2, 0.25) is 0 Å². The average Bonchev–Trinajstić information content (AvgIpc) is 3.05. The maximum atomic E-state index is 12.3. The van der Waals surface area contributed by atoms with Crippen molar-refractivity contribution in [2.45, 2.75) is 45.9 Å². The minimum absolute atomic E-state index is 0. The Bertz CT molecular complexity index is 790. The van der Waals surface area contributed by atoms with E-state index < -0.39 is 11.7 Å². The van der Waals surface area contributed by atoms with E-state index in [0.29, 0.717) is 19.0 Å². The highest BCUT2D eigenvalue weighted by atomic mass is 127. The lowest BCUT2D eigenvalue weighted by atomic mass is 10.1. The number of alkyl carbamates (subject to hydrolysis) is 1. The van der Waals surface area contributed by atoms with E-state index in [0.717, 1.165) is 10.6 Å². The first-order valence-corrected chi connectivity index (χ1v) is 9.99. The summed E-state index contributed by atoms with van der Waals surface area (Å²) < 4.78 is 5.40. The molecule has 1 amide bonds. The molecule has 0 aliphatic rings. The molecule has 0 spiro atoms. The normalized spacial score (nSPS) is 12.5. The number of benzene rings is 1. The van der Waals surface area contributed by atoms with Crippen molar-refractivity contribution < 1.29 is 9.53 Å². The number of hydrogen-bond donors (Lipinski definition) is 3. The molecule has 0 radical (unpaired) electrons. The Hall–Kier alpha value is -1.88. The molecule has 2 aromatic rings. The molecule has 3 N–H and O–H groups in total. The molecule has 0 saturated heterocycles. The smallest absolute Gasteiger partial charge is 0.408 e.